The lowest BCUT2D eigenvalue weighted by atomic mass is 10.1. The smallest absolute Gasteiger partial charge is 0.251 e. The number of nitrogens with zero attached hydrogens (tertiary/aromatic N) is 1. The lowest BCUT2D eigenvalue weighted by molar-refractivity contribution is 0.0954. The van der Waals surface area contributed by atoms with Gasteiger partial charge in [-0.25, -0.2) is 8.42 Å². The molecule has 0 atom stereocenters. The van der Waals surface area contributed by atoms with Crippen molar-refractivity contribution >= 4 is 33.0 Å². The van der Waals surface area contributed by atoms with E-state index in [2.05, 4.69) is 5.32 Å². The van der Waals surface area contributed by atoms with Gasteiger partial charge in [0.25, 0.3) is 5.91 Å². The molecular weight excluding hydrogens is 332 g/mol. The standard InChI is InChI=1S/C16H18N2O3S2/c1-23(20,21)18-9-7-12-11-13(4-5-15(12)18)16(19)17-8-6-14-3-2-10-22-14/h2-5,10-11H,6-9H2,1H3,(H,17,19). The maximum atomic E-state index is 12.2. The largest absolute Gasteiger partial charge is 0.352 e. The highest BCUT2D eigenvalue weighted by molar-refractivity contribution is 7.92. The molecule has 1 aromatic heterocycles. The van der Waals surface area contributed by atoms with E-state index in [-0.39, 0.29) is 5.91 Å². The molecule has 5 nitrogen and oxygen atoms in total. The molecule has 1 aromatic carbocycles. The molecular formula is C16H18N2O3S2. The minimum absolute atomic E-state index is 0.123. The lowest BCUT2D eigenvalue weighted by Gasteiger charge is -2.16. The Morgan fingerprint density at radius 3 is 2.87 bits per heavy atom. The zero-order valence-electron chi connectivity index (χ0n) is 12.8. The maximum Gasteiger partial charge on any atom is 0.251 e. The summed E-state index contributed by atoms with van der Waals surface area (Å²) >= 11 is 1.68. The van der Waals surface area contributed by atoms with Gasteiger partial charge in [-0.3, -0.25) is 9.10 Å². The summed E-state index contributed by atoms with van der Waals surface area (Å²) in [5, 5.41) is 4.92. The first-order chi connectivity index (χ1) is 10.9. The van der Waals surface area contributed by atoms with Crippen LogP contribution in [0, 0.1) is 0 Å². The Morgan fingerprint density at radius 1 is 1.35 bits per heavy atom. The highest BCUT2D eigenvalue weighted by atomic mass is 32.2. The molecule has 1 amide bonds. The van der Waals surface area contributed by atoms with Crippen LogP contribution in [0.25, 0.3) is 0 Å². The topological polar surface area (TPSA) is 66.5 Å². The van der Waals surface area contributed by atoms with Gasteiger partial charge < -0.3 is 5.32 Å². The Bertz CT molecular complexity index is 814. The zero-order valence-corrected chi connectivity index (χ0v) is 14.4. The van der Waals surface area contributed by atoms with Crippen molar-refractivity contribution in [2.75, 3.05) is 23.7 Å². The van der Waals surface area contributed by atoms with Gasteiger partial charge in [0.15, 0.2) is 0 Å². The maximum absolute atomic E-state index is 12.2. The highest BCUT2D eigenvalue weighted by Gasteiger charge is 2.26. The predicted octanol–water partition coefficient (Wildman–Crippen LogP) is 2.04. The van der Waals surface area contributed by atoms with Crippen LogP contribution in [0.2, 0.25) is 0 Å². The number of carbonyl (C=O) groups is 1. The van der Waals surface area contributed by atoms with Crippen molar-refractivity contribution in [2.45, 2.75) is 12.8 Å². The fourth-order valence-electron chi connectivity index (χ4n) is 2.71. The van der Waals surface area contributed by atoms with Gasteiger partial charge in [-0.15, -0.1) is 11.3 Å². The number of amides is 1. The molecule has 1 N–H and O–H groups in total. The molecule has 2 heterocycles. The molecule has 122 valence electrons. The van der Waals surface area contributed by atoms with E-state index in [0.717, 1.165) is 12.0 Å². The van der Waals surface area contributed by atoms with Crippen molar-refractivity contribution in [3.8, 4) is 0 Å². The third kappa shape index (κ3) is 3.56. The average Bonchev–Trinajstić information content (AvgIpc) is 3.14. The molecule has 0 saturated carbocycles. The summed E-state index contributed by atoms with van der Waals surface area (Å²) in [6, 6.07) is 9.24. The Labute approximate surface area is 140 Å². The summed E-state index contributed by atoms with van der Waals surface area (Å²) in [5.41, 5.74) is 2.16. The van der Waals surface area contributed by atoms with Crippen LogP contribution in [-0.4, -0.2) is 33.7 Å². The van der Waals surface area contributed by atoms with Crippen molar-refractivity contribution in [2.24, 2.45) is 0 Å². The van der Waals surface area contributed by atoms with Crippen LogP contribution < -0.4 is 9.62 Å². The SMILES string of the molecule is CS(=O)(=O)N1CCc2cc(C(=O)NCCc3cccs3)ccc21. The van der Waals surface area contributed by atoms with Gasteiger partial charge in [0, 0.05) is 23.5 Å². The monoisotopic (exact) mass is 350 g/mol. The van der Waals surface area contributed by atoms with Crippen LogP contribution >= 0.6 is 11.3 Å². The summed E-state index contributed by atoms with van der Waals surface area (Å²) in [6.45, 7) is 1.03. The van der Waals surface area contributed by atoms with Gasteiger partial charge in [-0.05, 0) is 48.1 Å². The van der Waals surface area contributed by atoms with Crippen LogP contribution in [0.1, 0.15) is 20.8 Å². The third-order valence-electron chi connectivity index (χ3n) is 3.83. The fraction of sp³-hybridized carbons (Fsp3) is 0.312. The Balaban J connectivity index is 1.66. The Morgan fingerprint density at radius 2 is 2.17 bits per heavy atom. The number of fused-ring (bicyclic) bond motifs is 1. The molecule has 0 aliphatic carbocycles. The van der Waals surface area contributed by atoms with Crippen LogP contribution in [0.4, 0.5) is 5.69 Å². The summed E-state index contributed by atoms with van der Waals surface area (Å²) in [4.78, 5) is 13.5. The molecule has 1 aliphatic rings. The molecule has 0 bridgehead atoms. The second-order valence-electron chi connectivity index (χ2n) is 5.51. The van der Waals surface area contributed by atoms with Crippen molar-refractivity contribution in [3.63, 3.8) is 0 Å². The number of anilines is 1. The summed E-state index contributed by atoms with van der Waals surface area (Å²) in [7, 11) is -3.25. The minimum atomic E-state index is -3.25. The molecule has 0 spiro atoms. The molecule has 0 fully saturated rings. The van der Waals surface area contributed by atoms with E-state index in [1.165, 1.54) is 15.4 Å². The summed E-state index contributed by atoms with van der Waals surface area (Å²) < 4.78 is 24.8. The quantitative estimate of drug-likeness (QED) is 0.897. The van der Waals surface area contributed by atoms with E-state index < -0.39 is 10.0 Å². The van der Waals surface area contributed by atoms with E-state index in [1.54, 1.807) is 29.5 Å². The van der Waals surface area contributed by atoms with Gasteiger partial charge >= 0.3 is 0 Å². The first-order valence-electron chi connectivity index (χ1n) is 7.36. The number of thiophene rings is 1. The lowest BCUT2D eigenvalue weighted by Crippen LogP contribution is -2.27. The molecule has 0 radical (unpaired) electrons. The first kappa shape index (κ1) is 16.0. The molecule has 0 saturated heterocycles. The minimum Gasteiger partial charge on any atom is -0.352 e. The zero-order chi connectivity index (χ0) is 16.4. The highest BCUT2D eigenvalue weighted by Crippen LogP contribution is 2.30. The van der Waals surface area contributed by atoms with Gasteiger partial charge in [-0.2, -0.15) is 0 Å². The molecule has 3 rings (SSSR count). The van der Waals surface area contributed by atoms with E-state index in [1.807, 2.05) is 17.5 Å². The second kappa shape index (κ2) is 6.33. The number of nitrogens with one attached hydrogen (secondary N) is 1. The number of hydrogen-bond acceptors (Lipinski definition) is 4. The Kier molecular flexibility index (Phi) is 4.41. The number of hydrogen-bond donors (Lipinski definition) is 1. The fourth-order valence-corrected chi connectivity index (χ4v) is 4.38. The molecule has 7 heteroatoms. The van der Waals surface area contributed by atoms with Crippen molar-refractivity contribution in [1.29, 1.82) is 0 Å². The number of carbonyl (C=O) groups excluding carboxylic acids is 1. The Hall–Kier alpha value is -1.86. The van der Waals surface area contributed by atoms with Gasteiger partial charge in [-0.1, -0.05) is 6.07 Å². The molecule has 2 aromatic rings. The van der Waals surface area contributed by atoms with Gasteiger partial charge in [0.1, 0.15) is 0 Å². The summed E-state index contributed by atoms with van der Waals surface area (Å²) in [6.07, 6.45) is 2.65. The van der Waals surface area contributed by atoms with Crippen molar-refractivity contribution < 1.29 is 13.2 Å². The van der Waals surface area contributed by atoms with E-state index in [4.69, 9.17) is 0 Å². The van der Waals surface area contributed by atoms with Gasteiger partial charge in [0.2, 0.25) is 10.0 Å². The molecule has 23 heavy (non-hydrogen) atoms. The van der Waals surface area contributed by atoms with Gasteiger partial charge in [0.05, 0.1) is 11.9 Å². The van der Waals surface area contributed by atoms with E-state index in [0.29, 0.717) is 30.8 Å². The number of sulfonamides is 1. The van der Waals surface area contributed by atoms with Crippen LogP contribution in [-0.2, 0) is 22.9 Å². The van der Waals surface area contributed by atoms with Crippen LogP contribution in [0.15, 0.2) is 35.7 Å². The van der Waals surface area contributed by atoms with Crippen molar-refractivity contribution in [3.05, 3.63) is 51.7 Å². The van der Waals surface area contributed by atoms with E-state index >= 15 is 0 Å². The molecule has 1 aliphatic heterocycles. The number of benzene rings is 1. The average molecular weight is 350 g/mol. The summed E-state index contributed by atoms with van der Waals surface area (Å²) in [5.74, 6) is -0.123. The van der Waals surface area contributed by atoms with Crippen molar-refractivity contribution in [1.82, 2.24) is 5.32 Å². The predicted molar refractivity (Wildman–Crippen MR) is 92.7 cm³/mol. The molecule has 0 unspecified atom stereocenters. The van der Waals surface area contributed by atoms with Crippen LogP contribution in [0.5, 0.6) is 0 Å². The van der Waals surface area contributed by atoms with E-state index in [9.17, 15) is 13.2 Å². The van der Waals surface area contributed by atoms with Crippen LogP contribution in [0.3, 0.4) is 0 Å². The third-order valence-corrected chi connectivity index (χ3v) is 5.95. The first-order valence-corrected chi connectivity index (χ1v) is 10.1. The number of rotatable bonds is 5. The normalized spacial score (nSPS) is 13.9. The second-order valence-corrected chi connectivity index (χ2v) is 8.45.